The summed E-state index contributed by atoms with van der Waals surface area (Å²) < 4.78 is 0. The number of rotatable bonds is 2. The molecule has 0 radical (unpaired) electrons. The Balaban J connectivity index is 1.87. The summed E-state index contributed by atoms with van der Waals surface area (Å²) in [4.78, 5) is 15.9. The maximum Gasteiger partial charge on any atom is 0.224 e. The summed E-state index contributed by atoms with van der Waals surface area (Å²) in [6, 6.07) is 0.589. The second kappa shape index (κ2) is 4.28. The standard InChI is InChI=1S/C10H18N2O2/c13-7-3-10(14)12-6-5-11-4-1-2-9(11)8-12/h9,13H,1-8H2. The molecule has 0 aromatic heterocycles. The first-order valence-corrected chi connectivity index (χ1v) is 5.44. The maximum atomic E-state index is 11.5. The van der Waals surface area contributed by atoms with Gasteiger partial charge >= 0.3 is 0 Å². The van der Waals surface area contributed by atoms with E-state index in [1.807, 2.05) is 4.90 Å². The fourth-order valence-electron chi connectivity index (χ4n) is 2.47. The topological polar surface area (TPSA) is 43.8 Å². The molecule has 14 heavy (non-hydrogen) atoms. The average Bonchev–Trinajstić information content (AvgIpc) is 2.64. The van der Waals surface area contributed by atoms with Gasteiger partial charge in [-0.25, -0.2) is 0 Å². The van der Waals surface area contributed by atoms with Gasteiger partial charge in [-0.05, 0) is 19.4 Å². The zero-order chi connectivity index (χ0) is 9.97. The fraction of sp³-hybridized carbons (Fsp3) is 0.900. The van der Waals surface area contributed by atoms with E-state index in [1.54, 1.807) is 0 Å². The highest BCUT2D eigenvalue weighted by Gasteiger charge is 2.31. The zero-order valence-corrected chi connectivity index (χ0v) is 8.48. The molecule has 2 saturated heterocycles. The van der Waals surface area contributed by atoms with Crippen LogP contribution in [0.1, 0.15) is 19.3 Å². The van der Waals surface area contributed by atoms with Crippen LogP contribution in [0.4, 0.5) is 0 Å². The number of aliphatic hydroxyl groups is 1. The van der Waals surface area contributed by atoms with Crippen LogP contribution in [0.25, 0.3) is 0 Å². The third kappa shape index (κ3) is 1.91. The number of hydrogen-bond donors (Lipinski definition) is 1. The molecule has 0 bridgehead atoms. The normalized spacial score (nSPS) is 27.8. The van der Waals surface area contributed by atoms with Crippen LogP contribution in [0.5, 0.6) is 0 Å². The first-order valence-electron chi connectivity index (χ1n) is 5.44. The van der Waals surface area contributed by atoms with Crippen molar-refractivity contribution in [2.75, 3.05) is 32.8 Å². The smallest absolute Gasteiger partial charge is 0.224 e. The fourth-order valence-corrected chi connectivity index (χ4v) is 2.47. The highest BCUT2D eigenvalue weighted by atomic mass is 16.3. The first kappa shape index (κ1) is 9.93. The number of fused-ring (bicyclic) bond motifs is 1. The number of hydrogen-bond acceptors (Lipinski definition) is 3. The number of nitrogens with zero attached hydrogens (tertiary/aromatic N) is 2. The lowest BCUT2D eigenvalue weighted by molar-refractivity contribution is -0.134. The van der Waals surface area contributed by atoms with Crippen LogP contribution in [-0.4, -0.2) is 59.6 Å². The minimum atomic E-state index is -0.0241. The minimum absolute atomic E-state index is 0.0241. The molecule has 2 aliphatic heterocycles. The molecule has 1 amide bonds. The summed E-state index contributed by atoms with van der Waals surface area (Å²) in [5.41, 5.74) is 0. The van der Waals surface area contributed by atoms with Gasteiger partial charge in [0.05, 0.1) is 6.61 Å². The lowest BCUT2D eigenvalue weighted by Crippen LogP contribution is -2.52. The van der Waals surface area contributed by atoms with Crippen molar-refractivity contribution in [3.05, 3.63) is 0 Å². The van der Waals surface area contributed by atoms with E-state index in [4.69, 9.17) is 5.11 Å². The number of aliphatic hydroxyl groups excluding tert-OH is 1. The van der Waals surface area contributed by atoms with Crippen molar-refractivity contribution >= 4 is 5.91 Å². The van der Waals surface area contributed by atoms with Crippen molar-refractivity contribution in [2.45, 2.75) is 25.3 Å². The quantitative estimate of drug-likeness (QED) is 0.661. The van der Waals surface area contributed by atoms with Crippen LogP contribution >= 0.6 is 0 Å². The lowest BCUT2D eigenvalue weighted by Gasteiger charge is -2.37. The third-order valence-corrected chi connectivity index (χ3v) is 3.27. The van der Waals surface area contributed by atoms with E-state index < -0.39 is 0 Å². The molecule has 2 aliphatic rings. The maximum absolute atomic E-state index is 11.5. The van der Waals surface area contributed by atoms with Gasteiger partial charge in [0, 0.05) is 32.1 Å². The Morgan fingerprint density at radius 2 is 2.21 bits per heavy atom. The summed E-state index contributed by atoms with van der Waals surface area (Å²) in [6.07, 6.45) is 2.78. The number of piperazine rings is 1. The molecule has 2 heterocycles. The molecule has 0 aliphatic carbocycles. The highest BCUT2D eigenvalue weighted by Crippen LogP contribution is 2.21. The van der Waals surface area contributed by atoms with Crippen molar-refractivity contribution in [1.82, 2.24) is 9.80 Å². The van der Waals surface area contributed by atoms with E-state index in [9.17, 15) is 4.79 Å². The first-order chi connectivity index (χ1) is 6.81. The van der Waals surface area contributed by atoms with E-state index in [0.29, 0.717) is 6.04 Å². The van der Waals surface area contributed by atoms with E-state index in [0.717, 1.165) is 19.6 Å². The third-order valence-electron chi connectivity index (χ3n) is 3.27. The minimum Gasteiger partial charge on any atom is -0.396 e. The summed E-state index contributed by atoms with van der Waals surface area (Å²) in [5.74, 6) is 0.110. The Morgan fingerprint density at radius 1 is 1.36 bits per heavy atom. The van der Waals surface area contributed by atoms with Crippen LogP contribution < -0.4 is 0 Å². The molecule has 80 valence electrons. The molecule has 1 N–H and O–H groups in total. The van der Waals surface area contributed by atoms with Gasteiger partial charge in [-0.3, -0.25) is 9.69 Å². The predicted molar refractivity (Wildman–Crippen MR) is 52.9 cm³/mol. The van der Waals surface area contributed by atoms with Crippen LogP contribution in [0.15, 0.2) is 0 Å². The highest BCUT2D eigenvalue weighted by molar-refractivity contribution is 5.76. The van der Waals surface area contributed by atoms with E-state index in [1.165, 1.54) is 19.4 Å². The molecule has 2 fully saturated rings. The van der Waals surface area contributed by atoms with Crippen LogP contribution in [0, 0.1) is 0 Å². The molecule has 1 atom stereocenters. The molecule has 0 aromatic rings. The molecule has 2 rings (SSSR count). The van der Waals surface area contributed by atoms with Crippen LogP contribution in [0.3, 0.4) is 0 Å². The van der Waals surface area contributed by atoms with Gasteiger partial charge in [-0.15, -0.1) is 0 Å². The van der Waals surface area contributed by atoms with Crippen molar-refractivity contribution in [1.29, 1.82) is 0 Å². The molecular weight excluding hydrogens is 180 g/mol. The lowest BCUT2D eigenvalue weighted by atomic mass is 10.1. The number of amides is 1. The van der Waals surface area contributed by atoms with Crippen LogP contribution in [0.2, 0.25) is 0 Å². The molecule has 0 saturated carbocycles. The SMILES string of the molecule is O=C(CCO)N1CCN2CCCC2C1. The number of carbonyl (C=O) groups excluding carboxylic acids is 1. The van der Waals surface area contributed by atoms with Crippen molar-refractivity contribution in [3.8, 4) is 0 Å². The second-order valence-corrected chi connectivity index (χ2v) is 4.15. The van der Waals surface area contributed by atoms with E-state index >= 15 is 0 Å². The Labute approximate surface area is 84.5 Å². The molecule has 0 spiro atoms. The van der Waals surface area contributed by atoms with Gasteiger partial charge in [0.25, 0.3) is 0 Å². The van der Waals surface area contributed by atoms with Gasteiger partial charge in [0.2, 0.25) is 5.91 Å². The largest absolute Gasteiger partial charge is 0.396 e. The van der Waals surface area contributed by atoms with Gasteiger partial charge in [0.15, 0.2) is 0 Å². The van der Waals surface area contributed by atoms with Crippen molar-refractivity contribution in [2.24, 2.45) is 0 Å². The van der Waals surface area contributed by atoms with Gasteiger partial charge < -0.3 is 10.0 Å². The van der Waals surface area contributed by atoms with E-state index in [2.05, 4.69) is 4.90 Å². The van der Waals surface area contributed by atoms with Crippen molar-refractivity contribution < 1.29 is 9.90 Å². The summed E-state index contributed by atoms with van der Waals surface area (Å²) in [6.45, 7) is 3.91. The van der Waals surface area contributed by atoms with Gasteiger partial charge in [0.1, 0.15) is 0 Å². The van der Waals surface area contributed by atoms with Gasteiger partial charge in [-0.1, -0.05) is 0 Å². The van der Waals surface area contributed by atoms with Gasteiger partial charge in [-0.2, -0.15) is 0 Å². The summed E-state index contributed by atoms with van der Waals surface area (Å²) in [7, 11) is 0. The summed E-state index contributed by atoms with van der Waals surface area (Å²) >= 11 is 0. The molecule has 0 aromatic carbocycles. The summed E-state index contributed by atoms with van der Waals surface area (Å²) in [5, 5.41) is 8.70. The molecule has 4 heteroatoms. The van der Waals surface area contributed by atoms with Crippen LogP contribution in [-0.2, 0) is 4.79 Å². The second-order valence-electron chi connectivity index (χ2n) is 4.15. The molecule has 1 unspecified atom stereocenters. The van der Waals surface area contributed by atoms with E-state index in [-0.39, 0.29) is 18.9 Å². The Morgan fingerprint density at radius 3 is 3.00 bits per heavy atom. The molecule has 4 nitrogen and oxygen atoms in total. The Bertz CT molecular complexity index is 220. The Kier molecular flexibility index (Phi) is 3.03. The Hall–Kier alpha value is -0.610. The zero-order valence-electron chi connectivity index (χ0n) is 8.48. The monoisotopic (exact) mass is 198 g/mol. The predicted octanol–water partition coefficient (Wildman–Crippen LogP) is -0.325. The van der Waals surface area contributed by atoms with Crippen molar-refractivity contribution in [3.63, 3.8) is 0 Å². The number of carbonyl (C=O) groups is 1. The molecular formula is C10H18N2O2. The average molecular weight is 198 g/mol.